The Morgan fingerprint density at radius 2 is 2.11 bits per heavy atom. The van der Waals surface area contributed by atoms with Crippen LogP contribution in [0, 0.1) is 5.92 Å². The third kappa shape index (κ3) is 3.23. The van der Waals surface area contributed by atoms with Crippen LogP contribution in [-0.4, -0.2) is 35.7 Å². The van der Waals surface area contributed by atoms with Crippen LogP contribution in [-0.2, 0) is 4.79 Å². The van der Waals surface area contributed by atoms with E-state index in [9.17, 15) is 9.90 Å². The molecular formula is C14H26N2O2. The monoisotopic (exact) mass is 254 g/mol. The molecule has 3 N–H and O–H groups in total. The van der Waals surface area contributed by atoms with Gasteiger partial charge in [0, 0.05) is 12.0 Å². The van der Waals surface area contributed by atoms with Gasteiger partial charge in [0.25, 0.3) is 0 Å². The van der Waals surface area contributed by atoms with Crippen LogP contribution in [0.15, 0.2) is 0 Å². The van der Waals surface area contributed by atoms with Crippen molar-refractivity contribution in [2.24, 2.45) is 5.92 Å². The number of aliphatic hydroxyl groups excluding tert-OH is 1. The van der Waals surface area contributed by atoms with Crippen molar-refractivity contribution in [3.05, 3.63) is 0 Å². The van der Waals surface area contributed by atoms with Crippen molar-refractivity contribution in [2.45, 2.75) is 63.5 Å². The van der Waals surface area contributed by atoms with E-state index >= 15 is 0 Å². The Bertz CT molecular complexity index is 288. The molecule has 2 unspecified atom stereocenters. The second kappa shape index (κ2) is 6.02. The lowest BCUT2D eigenvalue weighted by molar-refractivity contribution is -0.129. The minimum Gasteiger partial charge on any atom is -0.394 e. The molecule has 1 saturated heterocycles. The second-order valence-corrected chi connectivity index (χ2v) is 6.06. The van der Waals surface area contributed by atoms with Crippen molar-refractivity contribution in [3.8, 4) is 0 Å². The average Bonchev–Trinajstić information content (AvgIpc) is 2.40. The highest BCUT2D eigenvalue weighted by atomic mass is 16.3. The van der Waals surface area contributed by atoms with Crippen molar-refractivity contribution in [1.82, 2.24) is 10.6 Å². The Balaban J connectivity index is 1.92. The van der Waals surface area contributed by atoms with Crippen LogP contribution in [0.4, 0.5) is 0 Å². The molecule has 1 saturated carbocycles. The molecule has 1 aliphatic carbocycles. The summed E-state index contributed by atoms with van der Waals surface area (Å²) in [4.78, 5) is 12.3. The highest BCUT2D eigenvalue weighted by Gasteiger charge is 2.35. The first-order valence-electron chi connectivity index (χ1n) is 7.31. The zero-order valence-corrected chi connectivity index (χ0v) is 11.4. The second-order valence-electron chi connectivity index (χ2n) is 6.06. The van der Waals surface area contributed by atoms with Crippen LogP contribution in [0.25, 0.3) is 0 Å². The first-order chi connectivity index (χ1) is 8.65. The van der Waals surface area contributed by atoms with Gasteiger partial charge in [-0.05, 0) is 39.2 Å². The van der Waals surface area contributed by atoms with Gasteiger partial charge in [-0.25, -0.2) is 0 Å². The Hall–Kier alpha value is -0.610. The maximum atomic E-state index is 12.3. The number of piperidine rings is 1. The van der Waals surface area contributed by atoms with Gasteiger partial charge in [-0.2, -0.15) is 0 Å². The lowest BCUT2D eigenvalue weighted by atomic mass is 9.81. The van der Waals surface area contributed by atoms with Crippen LogP contribution < -0.4 is 10.6 Å². The zero-order valence-electron chi connectivity index (χ0n) is 11.4. The molecule has 0 bridgehead atoms. The molecule has 0 aromatic heterocycles. The third-order valence-electron chi connectivity index (χ3n) is 4.50. The van der Waals surface area contributed by atoms with Gasteiger partial charge in [-0.15, -0.1) is 0 Å². The minimum absolute atomic E-state index is 0.0826. The van der Waals surface area contributed by atoms with Crippen LogP contribution in [0.1, 0.15) is 51.9 Å². The smallest absolute Gasteiger partial charge is 0.223 e. The van der Waals surface area contributed by atoms with E-state index in [0.29, 0.717) is 6.04 Å². The number of carbonyl (C=O) groups is 1. The fourth-order valence-corrected chi connectivity index (χ4v) is 3.28. The third-order valence-corrected chi connectivity index (χ3v) is 4.50. The molecule has 104 valence electrons. The van der Waals surface area contributed by atoms with E-state index in [1.807, 2.05) is 0 Å². The van der Waals surface area contributed by atoms with Gasteiger partial charge in [0.15, 0.2) is 0 Å². The summed E-state index contributed by atoms with van der Waals surface area (Å²) in [5.41, 5.74) is -0.330. The minimum atomic E-state index is -0.330. The van der Waals surface area contributed by atoms with Crippen LogP contribution in [0.5, 0.6) is 0 Å². The molecule has 0 radical (unpaired) electrons. The summed E-state index contributed by atoms with van der Waals surface area (Å²) in [5, 5.41) is 16.1. The molecule has 0 aromatic carbocycles. The largest absolute Gasteiger partial charge is 0.394 e. The van der Waals surface area contributed by atoms with E-state index in [1.54, 1.807) is 0 Å². The van der Waals surface area contributed by atoms with Crippen LogP contribution >= 0.6 is 0 Å². The highest BCUT2D eigenvalue weighted by Crippen LogP contribution is 2.29. The lowest BCUT2D eigenvalue weighted by Gasteiger charge is -2.38. The van der Waals surface area contributed by atoms with Gasteiger partial charge in [-0.3, -0.25) is 4.79 Å². The Morgan fingerprint density at radius 3 is 2.72 bits per heavy atom. The highest BCUT2D eigenvalue weighted by molar-refractivity contribution is 5.79. The number of carbonyl (C=O) groups excluding carboxylic acids is 1. The molecular weight excluding hydrogens is 228 g/mol. The summed E-state index contributed by atoms with van der Waals surface area (Å²) < 4.78 is 0. The Morgan fingerprint density at radius 1 is 1.39 bits per heavy atom. The topological polar surface area (TPSA) is 61.4 Å². The maximum absolute atomic E-state index is 12.3. The molecule has 2 aliphatic rings. The van der Waals surface area contributed by atoms with Crippen molar-refractivity contribution < 1.29 is 9.90 Å². The Kier molecular flexibility index (Phi) is 4.62. The fourth-order valence-electron chi connectivity index (χ4n) is 3.28. The molecule has 2 rings (SSSR count). The van der Waals surface area contributed by atoms with Crippen molar-refractivity contribution in [2.75, 3.05) is 13.2 Å². The molecule has 2 atom stereocenters. The van der Waals surface area contributed by atoms with E-state index in [0.717, 1.165) is 45.1 Å². The van der Waals surface area contributed by atoms with E-state index < -0.39 is 0 Å². The first kappa shape index (κ1) is 13.8. The predicted molar refractivity (Wildman–Crippen MR) is 71.2 cm³/mol. The van der Waals surface area contributed by atoms with E-state index in [-0.39, 0.29) is 24.0 Å². The summed E-state index contributed by atoms with van der Waals surface area (Å²) in [7, 11) is 0. The molecule has 1 heterocycles. The molecule has 0 aromatic rings. The summed E-state index contributed by atoms with van der Waals surface area (Å²) in [6.45, 7) is 3.13. The maximum Gasteiger partial charge on any atom is 0.223 e. The number of rotatable bonds is 3. The first-order valence-corrected chi connectivity index (χ1v) is 7.31. The molecule has 1 amide bonds. The van der Waals surface area contributed by atoms with Crippen LogP contribution in [0.3, 0.4) is 0 Å². The number of aliphatic hydroxyl groups is 1. The molecule has 0 spiro atoms. The average molecular weight is 254 g/mol. The quantitative estimate of drug-likeness (QED) is 0.709. The number of amides is 1. The molecule has 18 heavy (non-hydrogen) atoms. The number of hydrogen-bond donors (Lipinski definition) is 3. The van der Waals surface area contributed by atoms with Crippen LogP contribution in [0.2, 0.25) is 0 Å². The zero-order chi connectivity index (χ0) is 13.0. The van der Waals surface area contributed by atoms with Gasteiger partial charge >= 0.3 is 0 Å². The van der Waals surface area contributed by atoms with Crippen molar-refractivity contribution >= 4 is 5.91 Å². The van der Waals surface area contributed by atoms with E-state index in [1.165, 1.54) is 6.42 Å². The predicted octanol–water partition coefficient (Wildman–Crippen LogP) is 1.19. The van der Waals surface area contributed by atoms with Gasteiger partial charge in [0.1, 0.15) is 0 Å². The van der Waals surface area contributed by atoms with E-state index in [4.69, 9.17) is 0 Å². The van der Waals surface area contributed by atoms with Crippen molar-refractivity contribution in [1.29, 1.82) is 0 Å². The van der Waals surface area contributed by atoms with Gasteiger partial charge in [-0.1, -0.05) is 19.3 Å². The fraction of sp³-hybridized carbons (Fsp3) is 0.929. The number of nitrogens with one attached hydrogen (secondary N) is 2. The Labute approximate surface area is 110 Å². The standard InChI is InChI=1S/C14H26N2O2/c1-11-9-12(5-8-15-11)13(18)16-14(10-17)6-3-2-4-7-14/h11-12,15,17H,2-10H2,1H3,(H,16,18). The molecule has 4 heteroatoms. The summed E-state index contributed by atoms with van der Waals surface area (Å²) in [5.74, 6) is 0.269. The normalized spacial score (nSPS) is 31.9. The summed E-state index contributed by atoms with van der Waals surface area (Å²) >= 11 is 0. The molecule has 1 aliphatic heterocycles. The molecule has 2 fully saturated rings. The summed E-state index contributed by atoms with van der Waals surface area (Å²) in [6.07, 6.45) is 7.13. The lowest BCUT2D eigenvalue weighted by Crippen LogP contribution is -2.55. The van der Waals surface area contributed by atoms with Gasteiger partial charge in [0.2, 0.25) is 5.91 Å². The van der Waals surface area contributed by atoms with E-state index in [2.05, 4.69) is 17.6 Å². The SMILES string of the molecule is CC1CC(C(=O)NC2(CO)CCCCC2)CCN1. The number of hydrogen-bond acceptors (Lipinski definition) is 3. The van der Waals surface area contributed by atoms with Gasteiger partial charge < -0.3 is 15.7 Å². The van der Waals surface area contributed by atoms with Crippen molar-refractivity contribution in [3.63, 3.8) is 0 Å². The summed E-state index contributed by atoms with van der Waals surface area (Å²) in [6, 6.07) is 0.422. The van der Waals surface area contributed by atoms with Gasteiger partial charge in [0.05, 0.1) is 12.1 Å². The molecule has 4 nitrogen and oxygen atoms in total.